The number of amides is 1. The molecule has 1 saturated heterocycles. The zero-order chi connectivity index (χ0) is 15.1. The second kappa shape index (κ2) is 7.64. The SMILES string of the molecule is O=C(O)COc1ccccc1NC(=O)CC1CCCNC1. The fourth-order valence-corrected chi connectivity index (χ4v) is 2.40. The minimum absolute atomic E-state index is 0.0740. The molecule has 1 atom stereocenters. The molecule has 114 valence electrons. The molecule has 1 heterocycles. The first-order valence-corrected chi connectivity index (χ1v) is 7.09. The number of hydrogen-bond donors (Lipinski definition) is 3. The number of carboxylic acid groups (broad SMARTS) is 1. The average molecular weight is 292 g/mol. The number of rotatable bonds is 6. The molecular weight excluding hydrogens is 272 g/mol. The number of carbonyl (C=O) groups is 2. The summed E-state index contributed by atoms with van der Waals surface area (Å²) in [4.78, 5) is 22.6. The lowest BCUT2D eigenvalue weighted by molar-refractivity contribution is -0.139. The lowest BCUT2D eigenvalue weighted by atomic mass is 9.96. The van der Waals surface area contributed by atoms with E-state index < -0.39 is 12.6 Å². The summed E-state index contributed by atoms with van der Waals surface area (Å²) in [5.74, 6) is -0.402. The van der Waals surface area contributed by atoms with E-state index in [1.165, 1.54) is 0 Å². The van der Waals surface area contributed by atoms with Gasteiger partial charge in [-0.15, -0.1) is 0 Å². The van der Waals surface area contributed by atoms with Crippen molar-refractivity contribution in [2.75, 3.05) is 25.0 Å². The molecule has 0 aromatic heterocycles. The van der Waals surface area contributed by atoms with Crippen LogP contribution >= 0.6 is 0 Å². The van der Waals surface area contributed by atoms with Crippen LogP contribution in [0.3, 0.4) is 0 Å². The predicted octanol–water partition coefficient (Wildman–Crippen LogP) is 1.48. The molecule has 0 bridgehead atoms. The van der Waals surface area contributed by atoms with Gasteiger partial charge in [0, 0.05) is 6.42 Å². The third-order valence-corrected chi connectivity index (χ3v) is 3.39. The number of carbonyl (C=O) groups excluding carboxylic acids is 1. The Bertz CT molecular complexity index is 498. The van der Waals surface area contributed by atoms with Gasteiger partial charge in [-0.25, -0.2) is 4.79 Å². The van der Waals surface area contributed by atoms with E-state index in [2.05, 4.69) is 10.6 Å². The van der Waals surface area contributed by atoms with Gasteiger partial charge in [0.2, 0.25) is 5.91 Å². The molecular formula is C15H20N2O4. The molecule has 6 nitrogen and oxygen atoms in total. The van der Waals surface area contributed by atoms with Gasteiger partial charge in [-0.2, -0.15) is 0 Å². The van der Waals surface area contributed by atoms with E-state index in [0.717, 1.165) is 25.9 Å². The standard InChI is InChI=1S/C15H20N2O4/c18-14(8-11-4-3-7-16-9-11)17-12-5-1-2-6-13(12)21-10-15(19)20/h1-2,5-6,11,16H,3-4,7-10H2,(H,17,18)(H,19,20). The summed E-state index contributed by atoms with van der Waals surface area (Å²) < 4.78 is 5.16. The van der Waals surface area contributed by atoms with Crippen molar-refractivity contribution in [1.82, 2.24) is 5.32 Å². The first-order chi connectivity index (χ1) is 10.1. The Labute approximate surface area is 123 Å². The molecule has 0 radical (unpaired) electrons. The van der Waals surface area contributed by atoms with E-state index >= 15 is 0 Å². The number of piperidine rings is 1. The molecule has 0 spiro atoms. The molecule has 1 aliphatic rings. The first-order valence-electron chi connectivity index (χ1n) is 7.09. The van der Waals surface area contributed by atoms with Gasteiger partial charge in [-0.05, 0) is 44.0 Å². The highest BCUT2D eigenvalue weighted by Gasteiger charge is 2.17. The summed E-state index contributed by atoms with van der Waals surface area (Å²) >= 11 is 0. The van der Waals surface area contributed by atoms with Crippen molar-refractivity contribution >= 4 is 17.6 Å². The quantitative estimate of drug-likeness (QED) is 0.739. The molecule has 6 heteroatoms. The Morgan fingerprint density at radius 1 is 1.38 bits per heavy atom. The smallest absolute Gasteiger partial charge is 0.341 e. The number of hydrogen-bond acceptors (Lipinski definition) is 4. The third-order valence-electron chi connectivity index (χ3n) is 3.39. The van der Waals surface area contributed by atoms with Crippen LogP contribution in [0.2, 0.25) is 0 Å². The molecule has 1 amide bonds. The zero-order valence-electron chi connectivity index (χ0n) is 11.8. The van der Waals surface area contributed by atoms with Crippen molar-refractivity contribution in [2.24, 2.45) is 5.92 Å². The van der Waals surface area contributed by atoms with Crippen LogP contribution in [0.15, 0.2) is 24.3 Å². The zero-order valence-corrected chi connectivity index (χ0v) is 11.8. The molecule has 0 saturated carbocycles. The summed E-state index contributed by atoms with van der Waals surface area (Å²) in [6.45, 7) is 1.45. The van der Waals surface area contributed by atoms with Crippen LogP contribution in [-0.2, 0) is 9.59 Å². The van der Waals surface area contributed by atoms with Crippen LogP contribution in [0.5, 0.6) is 5.75 Å². The monoisotopic (exact) mass is 292 g/mol. The number of aliphatic carboxylic acids is 1. The summed E-state index contributed by atoms with van der Waals surface area (Å²) in [5.41, 5.74) is 0.507. The predicted molar refractivity (Wildman–Crippen MR) is 78.4 cm³/mol. The van der Waals surface area contributed by atoms with Gasteiger partial charge in [-0.1, -0.05) is 12.1 Å². The summed E-state index contributed by atoms with van der Waals surface area (Å²) in [6.07, 6.45) is 2.61. The molecule has 1 aromatic carbocycles. The Morgan fingerprint density at radius 3 is 2.90 bits per heavy atom. The fraction of sp³-hybridized carbons (Fsp3) is 0.467. The van der Waals surface area contributed by atoms with Crippen LogP contribution in [0.4, 0.5) is 5.69 Å². The Morgan fingerprint density at radius 2 is 2.19 bits per heavy atom. The van der Waals surface area contributed by atoms with Crippen molar-refractivity contribution in [3.8, 4) is 5.75 Å². The highest BCUT2D eigenvalue weighted by Crippen LogP contribution is 2.24. The van der Waals surface area contributed by atoms with Gasteiger partial charge >= 0.3 is 5.97 Å². The molecule has 1 aromatic rings. The second-order valence-corrected chi connectivity index (χ2v) is 5.14. The van der Waals surface area contributed by atoms with E-state index in [4.69, 9.17) is 9.84 Å². The van der Waals surface area contributed by atoms with Crippen molar-refractivity contribution in [2.45, 2.75) is 19.3 Å². The van der Waals surface area contributed by atoms with Crippen molar-refractivity contribution < 1.29 is 19.4 Å². The van der Waals surface area contributed by atoms with Crippen molar-refractivity contribution in [3.05, 3.63) is 24.3 Å². The van der Waals surface area contributed by atoms with Crippen LogP contribution < -0.4 is 15.4 Å². The van der Waals surface area contributed by atoms with Crippen molar-refractivity contribution in [3.63, 3.8) is 0 Å². The largest absolute Gasteiger partial charge is 0.480 e. The highest BCUT2D eigenvalue weighted by atomic mass is 16.5. The number of anilines is 1. The van der Waals surface area contributed by atoms with Gasteiger partial charge < -0.3 is 20.5 Å². The lowest BCUT2D eigenvalue weighted by Gasteiger charge is -2.22. The lowest BCUT2D eigenvalue weighted by Crippen LogP contribution is -2.32. The van der Waals surface area contributed by atoms with Crippen molar-refractivity contribution in [1.29, 1.82) is 0 Å². The molecule has 3 N–H and O–H groups in total. The topological polar surface area (TPSA) is 87.7 Å². The van der Waals surface area contributed by atoms with E-state index in [1.54, 1.807) is 24.3 Å². The summed E-state index contributed by atoms with van der Waals surface area (Å²) in [7, 11) is 0. The Balaban J connectivity index is 1.91. The minimum Gasteiger partial charge on any atom is -0.480 e. The molecule has 1 fully saturated rings. The van der Waals surface area contributed by atoms with Gasteiger partial charge in [-0.3, -0.25) is 4.79 Å². The number of para-hydroxylation sites is 2. The second-order valence-electron chi connectivity index (χ2n) is 5.14. The van der Waals surface area contributed by atoms with Crippen LogP contribution in [0, 0.1) is 5.92 Å². The maximum atomic E-state index is 12.1. The molecule has 1 aliphatic heterocycles. The van der Waals surface area contributed by atoms with E-state index in [0.29, 0.717) is 23.8 Å². The number of benzene rings is 1. The fourth-order valence-electron chi connectivity index (χ4n) is 2.40. The van der Waals surface area contributed by atoms with E-state index in [1.807, 2.05) is 0 Å². The maximum Gasteiger partial charge on any atom is 0.341 e. The summed E-state index contributed by atoms with van der Waals surface area (Å²) in [5, 5.41) is 14.7. The van der Waals surface area contributed by atoms with E-state index in [-0.39, 0.29) is 5.91 Å². The number of nitrogens with one attached hydrogen (secondary N) is 2. The highest BCUT2D eigenvalue weighted by molar-refractivity contribution is 5.92. The molecule has 0 aliphatic carbocycles. The molecule has 1 unspecified atom stereocenters. The van der Waals surface area contributed by atoms with Crippen LogP contribution in [0.1, 0.15) is 19.3 Å². The number of carboxylic acids is 1. The normalized spacial score (nSPS) is 18.0. The Kier molecular flexibility index (Phi) is 5.57. The maximum absolute atomic E-state index is 12.1. The van der Waals surface area contributed by atoms with Gasteiger partial charge in [0.15, 0.2) is 6.61 Å². The molecule has 2 rings (SSSR count). The summed E-state index contributed by atoms with van der Waals surface area (Å²) in [6, 6.07) is 6.85. The first kappa shape index (κ1) is 15.3. The van der Waals surface area contributed by atoms with Crippen LogP contribution in [0.25, 0.3) is 0 Å². The minimum atomic E-state index is -1.05. The van der Waals surface area contributed by atoms with Gasteiger partial charge in [0.05, 0.1) is 5.69 Å². The molecule has 21 heavy (non-hydrogen) atoms. The van der Waals surface area contributed by atoms with Crippen LogP contribution in [-0.4, -0.2) is 36.7 Å². The van der Waals surface area contributed by atoms with Gasteiger partial charge in [0.25, 0.3) is 0 Å². The number of ether oxygens (including phenoxy) is 1. The Hall–Kier alpha value is -2.08. The third kappa shape index (κ3) is 5.07. The van der Waals surface area contributed by atoms with Gasteiger partial charge in [0.1, 0.15) is 5.75 Å². The average Bonchev–Trinajstić information content (AvgIpc) is 2.47. The van der Waals surface area contributed by atoms with E-state index in [9.17, 15) is 9.59 Å².